The second kappa shape index (κ2) is 6.36. The number of ether oxygens (including phenoxy) is 1. The summed E-state index contributed by atoms with van der Waals surface area (Å²) >= 11 is 0. The normalized spacial score (nSPS) is 28.5. The summed E-state index contributed by atoms with van der Waals surface area (Å²) < 4.78 is 5.52. The molecule has 1 aliphatic rings. The summed E-state index contributed by atoms with van der Waals surface area (Å²) in [5, 5.41) is 37.5. The summed E-state index contributed by atoms with van der Waals surface area (Å²) in [5.74, 6) is -1.39. The van der Waals surface area contributed by atoms with Gasteiger partial charge in [-0.25, -0.2) is 4.79 Å². The molecule has 21 heavy (non-hydrogen) atoms. The van der Waals surface area contributed by atoms with E-state index in [2.05, 4.69) is 0 Å². The maximum Gasteiger partial charge on any atom is 0.339 e. The molecule has 0 spiro atoms. The summed E-state index contributed by atoms with van der Waals surface area (Å²) in [6.45, 7) is 0.211. The summed E-state index contributed by atoms with van der Waals surface area (Å²) in [7, 11) is 0. The molecule has 114 valence electrons. The van der Waals surface area contributed by atoms with Crippen LogP contribution in [0.25, 0.3) is 0 Å². The van der Waals surface area contributed by atoms with Gasteiger partial charge in [0, 0.05) is 6.42 Å². The van der Waals surface area contributed by atoms with Gasteiger partial charge in [-0.2, -0.15) is 0 Å². The molecule has 1 aliphatic carbocycles. The predicted octanol–water partition coefficient (Wildman–Crippen LogP) is 0.201. The van der Waals surface area contributed by atoms with Crippen molar-refractivity contribution in [2.75, 3.05) is 0 Å². The maximum atomic E-state index is 10.9. The molecular weight excluding hydrogens is 276 g/mol. The third-order valence-electron chi connectivity index (χ3n) is 3.48. The minimum atomic E-state index is -2.04. The number of benzene rings is 1. The molecular formula is C15H18O6. The van der Waals surface area contributed by atoms with Crippen LogP contribution in [0, 0.1) is 0 Å². The van der Waals surface area contributed by atoms with E-state index in [4.69, 9.17) is 14.9 Å². The third kappa shape index (κ3) is 3.68. The summed E-state index contributed by atoms with van der Waals surface area (Å²) in [5.41, 5.74) is -0.378. The summed E-state index contributed by atoms with van der Waals surface area (Å²) in [6, 6.07) is 7.15. The molecule has 0 radical (unpaired) electrons. The van der Waals surface area contributed by atoms with Gasteiger partial charge in [0.15, 0.2) is 5.60 Å². The average molecular weight is 294 g/mol. The fourth-order valence-corrected chi connectivity index (χ4v) is 2.14. The largest absolute Gasteiger partial charge is 0.479 e. The van der Waals surface area contributed by atoms with E-state index in [1.165, 1.54) is 6.08 Å². The molecule has 0 saturated carbocycles. The molecule has 6 heteroatoms. The molecule has 1 aromatic rings. The average Bonchev–Trinajstić information content (AvgIpc) is 2.47. The molecule has 4 N–H and O–H groups in total. The van der Waals surface area contributed by atoms with Crippen molar-refractivity contribution in [3.8, 4) is 0 Å². The van der Waals surface area contributed by atoms with E-state index in [0.29, 0.717) is 0 Å². The molecule has 0 aliphatic heterocycles. The van der Waals surface area contributed by atoms with Crippen molar-refractivity contribution in [3.63, 3.8) is 0 Å². The minimum Gasteiger partial charge on any atom is -0.479 e. The van der Waals surface area contributed by atoms with E-state index >= 15 is 0 Å². The predicted molar refractivity (Wildman–Crippen MR) is 73.3 cm³/mol. The number of hydrogen-bond acceptors (Lipinski definition) is 5. The molecule has 0 heterocycles. The lowest BCUT2D eigenvalue weighted by molar-refractivity contribution is -0.159. The third-order valence-corrected chi connectivity index (χ3v) is 3.48. The first-order chi connectivity index (χ1) is 9.94. The Morgan fingerprint density at radius 2 is 1.90 bits per heavy atom. The van der Waals surface area contributed by atoms with Crippen LogP contribution >= 0.6 is 0 Å². The van der Waals surface area contributed by atoms with Gasteiger partial charge in [0.2, 0.25) is 0 Å². The summed E-state index contributed by atoms with van der Waals surface area (Å²) in [6.07, 6.45) is 0.439. The molecule has 0 amide bonds. The maximum absolute atomic E-state index is 10.9. The number of aliphatic hydroxyl groups is 3. The monoisotopic (exact) mass is 294 g/mol. The van der Waals surface area contributed by atoms with E-state index in [0.717, 1.165) is 17.2 Å². The van der Waals surface area contributed by atoms with Gasteiger partial charge in [0.05, 0.1) is 19.3 Å². The number of aliphatic carboxylic acids is 1. The molecule has 0 saturated heterocycles. The number of carboxylic acid groups (broad SMARTS) is 1. The van der Waals surface area contributed by atoms with Crippen LogP contribution in [0.3, 0.4) is 0 Å². The van der Waals surface area contributed by atoms with Crippen molar-refractivity contribution < 1.29 is 30.0 Å². The number of rotatable bonds is 5. The Bertz CT molecular complexity index is 523. The first kappa shape index (κ1) is 15.7. The Kier molecular flexibility index (Phi) is 4.74. The Balaban J connectivity index is 1.96. The first-order valence-corrected chi connectivity index (χ1v) is 6.58. The van der Waals surface area contributed by atoms with E-state index in [-0.39, 0.29) is 19.6 Å². The highest BCUT2D eigenvalue weighted by atomic mass is 16.5. The van der Waals surface area contributed by atoms with Gasteiger partial charge in [-0.3, -0.25) is 0 Å². The van der Waals surface area contributed by atoms with E-state index in [9.17, 15) is 15.0 Å². The topological polar surface area (TPSA) is 107 Å². The van der Waals surface area contributed by atoms with Crippen LogP contribution in [0.15, 0.2) is 36.4 Å². The van der Waals surface area contributed by atoms with Crippen LogP contribution in [0.1, 0.15) is 17.5 Å². The van der Waals surface area contributed by atoms with E-state index < -0.39 is 23.8 Å². The van der Waals surface area contributed by atoms with Crippen molar-refractivity contribution in [3.05, 3.63) is 47.5 Å². The number of carbonyl (C=O) groups is 1. The van der Waals surface area contributed by atoms with Crippen LogP contribution in [-0.2, 0) is 22.7 Å². The van der Waals surface area contributed by atoms with Gasteiger partial charge in [0.25, 0.3) is 0 Å². The highest BCUT2D eigenvalue weighted by Gasteiger charge is 2.41. The quantitative estimate of drug-likeness (QED) is 0.578. The zero-order valence-electron chi connectivity index (χ0n) is 11.3. The highest BCUT2D eigenvalue weighted by molar-refractivity contribution is 5.80. The van der Waals surface area contributed by atoms with Gasteiger partial charge >= 0.3 is 5.97 Å². The van der Waals surface area contributed by atoms with Crippen molar-refractivity contribution in [1.29, 1.82) is 0 Å². The first-order valence-electron chi connectivity index (χ1n) is 6.58. The zero-order chi connectivity index (χ0) is 15.5. The molecule has 3 atom stereocenters. The Hall–Kier alpha value is -1.73. The lowest BCUT2D eigenvalue weighted by Crippen LogP contribution is -2.46. The van der Waals surface area contributed by atoms with Crippen molar-refractivity contribution in [2.45, 2.75) is 37.4 Å². The molecule has 1 aromatic carbocycles. The van der Waals surface area contributed by atoms with Gasteiger partial charge in [0.1, 0.15) is 6.10 Å². The van der Waals surface area contributed by atoms with Crippen LogP contribution < -0.4 is 0 Å². The number of aliphatic hydroxyl groups excluding tert-OH is 2. The van der Waals surface area contributed by atoms with Crippen molar-refractivity contribution in [2.24, 2.45) is 0 Å². The van der Waals surface area contributed by atoms with Crippen molar-refractivity contribution >= 4 is 5.97 Å². The van der Waals surface area contributed by atoms with Crippen molar-refractivity contribution in [1.82, 2.24) is 0 Å². The SMILES string of the molecule is O=C(O)[C@]1(O)C=C[C@@H](OCc2ccc(CO)cc2)[C@H](O)C1. The minimum absolute atomic E-state index is 0.0288. The molecule has 2 rings (SSSR count). The molecule has 0 aromatic heterocycles. The van der Waals surface area contributed by atoms with Gasteiger partial charge in [-0.1, -0.05) is 30.3 Å². The fraction of sp³-hybridized carbons (Fsp3) is 0.400. The lowest BCUT2D eigenvalue weighted by Gasteiger charge is -2.31. The van der Waals surface area contributed by atoms with Gasteiger partial charge < -0.3 is 25.2 Å². The Morgan fingerprint density at radius 3 is 2.43 bits per heavy atom. The Morgan fingerprint density at radius 1 is 1.29 bits per heavy atom. The molecule has 0 unspecified atom stereocenters. The summed E-state index contributed by atoms with van der Waals surface area (Å²) in [4.78, 5) is 10.9. The lowest BCUT2D eigenvalue weighted by atomic mass is 9.87. The second-order valence-corrected chi connectivity index (χ2v) is 5.11. The van der Waals surface area contributed by atoms with Crippen LogP contribution in [0.4, 0.5) is 0 Å². The van der Waals surface area contributed by atoms with E-state index in [1.54, 1.807) is 24.3 Å². The standard InChI is InChI=1S/C15H18O6/c16-8-10-1-3-11(4-2-10)9-21-13-5-6-15(20,14(18)19)7-12(13)17/h1-6,12-13,16-17,20H,7-9H2,(H,18,19)/t12-,13-,15+/m1/s1. The van der Waals surface area contributed by atoms with Crippen LogP contribution in [-0.4, -0.2) is 44.2 Å². The molecule has 0 fully saturated rings. The molecule has 6 nitrogen and oxygen atoms in total. The van der Waals surface area contributed by atoms with Gasteiger partial charge in [-0.15, -0.1) is 0 Å². The number of carboxylic acids is 1. The Labute approximate surface area is 121 Å². The molecule has 0 bridgehead atoms. The number of hydrogen-bond donors (Lipinski definition) is 4. The van der Waals surface area contributed by atoms with Crippen LogP contribution in [0.2, 0.25) is 0 Å². The highest BCUT2D eigenvalue weighted by Crippen LogP contribution is 2.25. The second-order valence-electron chi connectivity index (χ2n) is 5.11. The van der Waals surface area contributed by atoms with Crippen LogP contribution in [0.5, 0.6) is 0 Å². The van der Waals surface area contributed by atoms with E-state index in [1.807, 2.05) is 0 Å². The van der Waals surface area contributed by atoms with Gasteiger partial charge in [-0.05, 0) is 17.2 Å². The fourth-order valence-electron chi connectivity index (χ4n) is 2.14. The zero-order valence-corrected chi connectivity index (χ0v) is 11.3. The smallest absolute Gasteiger partial charge is 0.339 e.